The van der Waals surface area contributed by atoms with E-state index >= 15 is 0 Å². The van der Waals surface area contributed by atoms with Crippen LogP contribution in [0.15, 0.2) is 24.3 Å². The van der Waals surface area contributed by atoms with E-state index in [1.54, 1.807) is 0 Å². The average molecular weight is 259 g/mol. The van der Waals surface area contributed by atoms with Crippen LogP contribution in [0.2, 0.25) is 0 Å². The molecular weight excluding hydrogens is 252 g/mol. The van der Waals surface area contributed by atoms with Gasteiger partial charge in [-0.05, 0) is 17.7 Å². The van der Waals surface area contributed by atoms with Crippen molar-refractivity contribution in [1.29, 1.82) is 0 Å². The van der Waals surface area contributed by atoms with Gasteiger partial charge in [0.25, 0.3) is 0 Å². The van der Waals surface area contributed by atoms with Crippen molar-refractivity contribution >= 4 is 0 Å². The Kier molecular flexibility index (Phi) is 3.56. The van der Waals surface area contributed by atoms with Crippen LogP contribution in [0, 0.1) is 0 Å². The Balaban J connectivity index is 2.94. The Labute approximate surface area is 92.0 Å². The van der Waals surface area contributed by atoms with E-state index in [0.29, 0.717) is 6.07 Å². The number of hydrogen-bond acceptors (Lipinski definition) is 2. The first-order valence-corrected chi connectivity index (χ1v) is 4.27. The van der Waals surface area contributed by atoms with Crippen molar-refractivity contribution in [2.45, 2.75) is 18.6 Å². The number of halogens is 6. The van der Waals surface area contributed by atoms with Crippen molar-refractivity contribution < 1.29 is 31.1 Å². The summed E-state index contributed by atoms with van der Waals surface area (Å²) in [7, 11) is 0. The number of hydrogen-bond donors (Lipinski definition) is 1. The fourth-order valence-corrected chi connectivity index (χ4v) is 1.09. The fourth-order valence-electron chi connectivity index (χ4n) is 1.09. The second-order valence-corrected chi connectivity index (χ2v) is 3.14. The summed E-state index contributed by atoms with van der Waals surface area (Å²) in [6.45, 7) is 0. The molecule has 0 aliphatic heterocycles. The molecule has 0 amide bonds. The van der Waals surface area contributed by atoms with Crippen molar-refractivity contribution in [3.63, 3.8) is 0 Å². The van der Waals surface area contributed by atoms with E-state index in [1.165, 1.54) is 0 Å². The van der Waals surface area contributed by atoms with Gasteiger partial charge in [0.05, 0.1) is 0 Å². The van der Waals surface area contributed by atoms with Crippen LogP contribution in [0.1, 0.15) is 11.6 Å². The van der Waals surface area contributed by atoms with Gasteiger partial charge in [0.15, 0.2) is 0 Å². The number of alkyl halides is 6. The molecule has 1 atom stereocenters. The zero-order chi connectivity index (χ0) is 13.3. The van der Waals surface area contributed by atoms with Crippen molar-refractivity contribution in [1.82, 2.24) is 0 Å². The Morgan fingerprint density at radius 2 is 1.65 bits per heavy atom. The van der Waals surface area contributed by atoms with E-state index in [-0.39, 0.29) is 0 Å². The second kappa shape index (κ2) is 4.44. The predicted octanol–water partition coefficient (Wildman–Crippen LogP) is 3.15. The first-order chi connectivity index (χ1) is 7.59. The van der Waals surface area contributed by atoms with Crippen LogP contribution in [0.3, 0.4) is 0 Å². The highest BCUT2D eigenvalue weighted by Gasteiger charge is 2.38. The lowest BCUT2D eigenvalue weighted by molar-refractivity contribution is -0.274. The lowest BCUT2D eigenvalue weighted by atomic mass is 10.1. The molecule has 8 heteroatoms. The Morgan fingerprint density at radius 3 is 2.12 bits per heavy atom. The van der Waals surface area contributed by atoms with Gasteiger partial charge in [0.1, 0.15) is 11.8 Å². The van der Waals surface area contributed by atoms with Crippen LogP contribution in [-0.2, 0) is 0 Å². The first-order valence-electron chi connectivity index (χ1n) is 4.27. The summed E-state index contributed by atoms with van der Waals surface area (Å²) in [6, 6.07) is 1.12. The van der Waals surface area contributed by atoms with Gasteiger partial charge in [-0.1, -0.05) is 12.1 Å². The predicted molar refractivity (Wildman–Crippen MR) is 46.1 cm³/mol. The molecule has 0 unspecified atom stereocenters. The quantitative estimate of drug-likeness (QED) is 0.828. The molecule has 0 bridgehead atoms. The lowest BCUT2D eigenvalue weighted by Crippen LogP contribution is -2.28. The van der Waals surface area contributed by atoms with Gasteiger partial charge >= 0.3 is 12.5 Å². The van der Waals surface area contributed by atoms with Crippen molar-refractivity contribution in [2.24, 2.45) is 5.73 Å². The van der Waals surface area contributed by atoms with Crippen molar-refractivity contribution in [3.8, 4) is 5.75 Å². The summed E-state index contributed by atoms with van der Waals surface area (Å²) < 4.78 is 75.6. The molecule has 96 valence electrons. The lowest BCUT2D eigenvalue weighted by Gasteiger charge is -2.17. The average Bonchev–Trinajstić information content (AvgIpc) is 2.12. The molecule has 0 aliphatic rings. The summed E-state index contributed by atoms with van der Waals surface area (Å²) in [5.41, 5.74) is 4.34. The number of rotatable bonds is 2. The number of ether oxygens (including phenoxy) is 1. The van der Waals surface area contributed by atoms with Gasteiger partial charge in [0.2, 0.25) is 0 Å². The van der Waals surface area contributed by atoms with Crippen LogP contribution in [-0.4, -0.2) is 12.5 Å². The van der Waals surface area contributed by atoms with E-state index in [4.69, 9.17) is 5.73 Å². The van der Waals surface area contributed by atoms with Gasteiger partial charge in [-0.15, -0.1) is 13.2 Å². The van der Waals surface area contributed by atoms with Gasteiger partial charge in [-0.2, -0.15) is 13.2 Å². The van der Waals surface area contributed by atoms with E-state index in [9.17, 15) is 26.3 Å². The van der Waals surface area contributed by atoms with Crippen molar-refractivity contribution in [2.75, 3.05) is 0 Å². The summed E-state index contributed by atoms with van der Waals surface area (Å²) >= 11 is 0. The van der Waals surface area contributed by atoms with Crippen LogP contribution in [0.4, 0.5) is 26.3 Å². The number of benzene rings is 1. The molecule has 1 aromatic carbocycles. The fraction of sp³-hybridized carbons (Fsp3) is 0.333. The van der Waals surface area contributed by atoms with Gasteiger partial charge in [-0.3, -0.25) is 0 Å². The minimum absolute atomic E-state index is 0.501. The minimum Gasteiger partial charge on any atom is -0.406 e. The maximum atomic E-state index is 12.2. The molecule has 0 aliphatic carbocycles. The van der Waals surface area contributed by atoms with E-state index in [2.05, 4.69) is 4.74 Å². The van der Waals surface area contributed by atoms with Crippen LogP contribution >= 0.6 is 0 Å². The van der Waals surface area contributed by atoms with Crippen LogP contribution in [0.25, 0.3) is 0 Å². The highest BCUT2D eigenvalue weighted by molar-refractivity contribution is 5.31. The van der Waals surface area contributed by atoms with Gasteiger partial charge < -0.3 is 10.5 Å². The Hall–Kier alpha value is -1.44. The van der Waals surface area contributed by atoms with E-state index in [1.807, 2.05) is 0 Å². The molecule has 2 N–H and O–H groups in total. The zero-order valence-electron chi connectivity index (χ0n) is 8.14. The summed E-state index contributed by atoms with van der Waals surface area (Å²) in [5.74, 6) is -0.741. The normalized spacial score (nSPS) is 14.5. The maximum absolute atomic E-state index is 12.2. The first kappa shape index (κ1) is 13.6. The standard InChI is InChI=1S/C9H7F6NO/c10-8(11,12)7(16)5-2-1-3-6(4-5)17-9(13,14)15/h1-4,7H,16H2/t7-/m0/s1. The van der Waals surface area contributed by atoms with Crippen LogP contribution in [0.5, 0.6) is 5.75 Å². The Morgan fingerprint density at radius 1 is 1.06 bits per heavy atom. The highest BCUT2D eigenvalue weighted by atomic mass is 19.4. The molecule has 0 radical (unpaired) electrons. The minimum atomic E-state index is -4.96. The third-order valence-corrected chi connectivity index (χ3v) is 1.80. The topological polar surface area (TPSA) is 35.2 Å². The molecule has 0 heterocycles. The third kappa shape index (κ3) is 4.14. The molecule has 2 nitrogen and oxygen atoms in total. The molecule has 0 fully saturated rings. The van der Waals surface area contributed by atoms with Gasteiger partial charge in [0, 0.05) is 0 Å². The van der Waals surface area contributed by atoms with Gasteiger partial charge in [-0.25, -0.2) is 0 Å². The molecule has 0 saturated heterocycles. The van der Waals surface area contributed by atoms with Crippen molar-refractivity contribution in [3.05, 3.63) is 29.8 Å². The van der Waals surface area contributed by atoms with Crippen LogP contribution < -0.4 is 10.5 Å². The summed E-state index contributed by atoms with van der Waals surface area (Å²) in [6.07, 6.45) is -9.68. The Bertz CT molecular complexity index is 386. The van der Waals surface area contributed by atoms with E-state index < -0.39 is 29.9 Å². The highest BCUT2D eigenvalue weighted by Crippen LogP contribution is 2.32. The SMILES string of the molecule is N[C@@H](c1cccc(OC(F)(F)F)c1)C(F)(F)F. The summed E-state index contributed by atoms with van der Waals surface area (Å²) in [4.78, 5) is 0. The molecule has 0 saturated carbocycles. The second-order valence-electron chi connectivity index (χ2n) is 3.14. The largest absolute Gasteiger partial charge is 0.573 e. The molecule has 17 heavy (non-hydrogen) atoms. The third-order valence-electron chi connectivity index (χ3n) is 1.80. The smallest absolute Gasteiger partial charge is 0.406 e. The molecule has 1 aromatic rings. The zero-order valence-corrected chi connectivity index (χ0v) is 8.14. The molecule has 1 rings (SSSR count). The maximum Gasteiger partial charge on any atom is 0.573 e. The van der Waals surface area contributed by atoms with E-state index in [0.717, 1.165) is 18.2 Å². The molecule has 0 spiro atoms. The summed E-state index contributed by atoms with van der Waals surface area (Å²) in [5, 5.41) is 0. The monoisotopic (exact) mass is 259 g/mol. The molecular formula is C9H7F6NO. The molecule has 0 aromatic heterocycles. The number of nitrogens with two attached hydrogens (primary N) is 1.